The van der Waals surface area contributed by atoms with Crippen molar-refractivity contribution in [3.63, 3.8) is 0 Å². The van der Waals surface area contributed by atoms with Crippen LogP contribution in [0, 0.1) is 0 Å². The summed E-state index contributed by atoms with van der Waals surface area (Å²) in [5, 5.41) is 3.79. The first-order valence-corrected chi connectivity index (χ1v) is 13.6. The second-order valence-corrected chi connectivity index (χ2v) is 11.1. The molecular weight excluding hydrogens is 471 g/mol. The molecule has 0 saturated carbocycles. The lowest BCUT2D eigenvalue weighted by Gasteiger charge is -2.23. The third-order valence-corrected chi connectivity index (χ3v) is 9.15. The molecule has 0 aliphatic rings. The van der Waals surface area contributed by atoms with Gasteiger partial charge in [0.2, 0.25) is 0 Å². The molecule has 7 rings (SSSR count). The predicted octanol–water partition coefficient (Wildman–Crippen LogP) is 6.53. The zero-order valence-corrected chi connectivity index (χ0v) is 20.9. The highest BCUT2D eigenvalue weighted by molar-refractivity contribution is 7.80. The Kier molecular flexibility index (Phi) is 5.38. The molecule has 4 nitrogen and oxygen atoms in total. The van der Waals surface area contributed by atoms with Gasteiger partial charge in [-0.2, -0.15) is 0 Å². The smallest absolute Gasteiger partial charge is 0.139 e. The predicted molar refractivity (Wildman–Crippen MR) is 155 cm³/mol. The normalized spacial score (nSPS) is 11.5. The maximum Gasteiger partial charge on any atom is 0.139 e. The number of nitrogens with zero attached hydrogens (tertiary/aromatic N) is 2. The third kappa shape index (κ3) is 3.92. The molecule has 0 saturated heterocycles. The van der Waals surface area contributed by atoms with Crippen molar-refractivity contribution in [3.8, 4) is 22.8 Å². The van der Waals surface area contributed by atoms with Crippen molar-refractivity contribution in [2.45, 2.75) is 0 Å². The van der Waals surface area contributed by atoms with Crippen molar-refractivity contribution in [2.75, 3.05) is 0 Å². The van der Waals surface area contributed by atoms with E-state index in [1.165, 1.54) is 15.9 Å². The summed E-state index contributed by atoms with van der Waals surface area (Å²) < 4.78 is 0. The van der Waals surface area contributed by atoms with Gasteiger partial charge in [0.15, 0.2) is 0 Å². The summed E-state index contributed by atoms with van der Waals surface area (Å²) in [6.07, 6.45) is 0. The average molecular weight is 495 g/mol. The molecule has 5 aromatic carbocycles. The van der Waals surface area contributed by atoms with E-state index in [0.717, 1.165) is 44.8 Å². The number of nitrogens with one attached hydrogen (secondary N) is 2. The van der Waals surface area contributed by atoms with Crippen molar-refractivity contribution < 1.29 is 0 Å². The zero-order chi connectivity index (χ0) is 24.6. The van der Waals surface area contributed by atoms with Gasteiger partial charge in [0, 0.05) is 11.1 Å². The lowest BCUT2D eigenvalue weighted by molar-refractivity contribution is 1.34. The van der Waals surface area contributed by atoms with Gasteiger partial charge in [0.05, 0.1) is 22.1 Å². The van der Waals surface area contributed by atoms with Crippen LogP contribution >= 0.6 is 7.92 Å². The molecular formula is C32H23N4P. The van der Waals surface area contributed by atoms with E-state index in [-0.39, 0.29) is 0 Å². The Bertz CT molecular complexity index is 1670. The van der Waals surface area contributed by atoms with Crippen molar-refractivity contribution in [1.82, 2.24) is 19.9 Å². The van der Waals surface area contributed by atoms with Crippen LogP contribution in [0.5, 0.6) is 0 Å². The van der Waals surface area contributed by atoms with Crippen molar-refractivity contribution in [3.05, 3.63) is 127 Å². The average Bonchev–Trinajstić information content (AvgIpc) is 3.59. The maximum atomic E-state index is 4.96. The first-order valence-electron chi connectivity index (χ1n) is 12.3. The zero-order valence-electron chi connectivity index (χ0n) is 20.0. The SMILES string of the molecule is c1ccc(P(c2ccccc2-c2nc3ccccc3[nH]2)c2ccccc2-c2nc3ccccc3[nH]2)cc1. The Hall–Kier alpha value is -4.53. The topological polar surface area (TPSA) is 57.4 Å². The van der Waals surface area contributed by atoms with Crippen LogP contribution in [0.1, 0.15) is 0 Å². The minimum atomic E-state index is -0.913. The molecule has 0 fully saturated rings. The summed E-state index contributed by atoms with van der Waals surface area (Å²) in [7, 11) is -0.913. The fourth-order valence-electron chi connectivity index (χ4n) is 4.88. The molecule has 0 spiro atoms. The second kappa shape index (κ2) is 9.16. The van der Waals surface area contributed by atoms with E-state index in [0.29, 0.717) is 0 Å². The molecule has 0 atom stereocenters. The summed E-state index contributed by atoms with van der Waals surface area (Å²) in [6.45, 7) is 0. The Balaban J connectivity index is 1.46. The Labute approximate surface area is 215 Å². The summed E-state index contributed by atoms with van der Waals surface area (Å²) in [4.78, 5) is 17.0. The quantitative estimate of drug-likeness (QED) is 0.267. The highest BCUT2D eigenvalue weighted by Crippen LogP contribution is 2.39. The second-order valence-electron chi connectivity index (χ2n) is 8.91. The first-order chi connectivity index (χ1) is 18.3. The molecule has 2 heterocycles. The van der Waals surface area contributed by atoms with Crippen molar-refractivity contribution in [2.24, 2.45) is 0 Å². The molecule has 5 heteroatoms. The number of para-hydroxylation sites is 4. The fourth-order valence-corrected chi connectivity index (χ4v) is 7.48. The van der Waals surface area contributed by atoms with Gasteiger partial charge < -0.3 is 9.97 Å². The highest BCUT2D eigenvalue weighted by Gasteiger charge is 2.25. The first kappa shape index (κ1) is 21.7. The number of H-pyrrole nitrogens is 2. The number of imidazole rings is 2. The van der Waals surface area contributed by atoms with Gasteiger partial charge in [0.25, 0.3) is 0 Å². The number of hydrogen-bond donors (Lipinski definition) is 2. The summed E-state index contributed by atoms with van der Waals surface area (Å²) in [5.74, 6) is 1.78. The number of fused-ring (bicyclic) bond motifs is 2. The van der Waals surface area contributed by atoms with Gasteiger partial charge in [-0.25, -0.2) is 9.97 Å². The van der Waals surface area contributed by atoms with E-state index in [4.69, 9.17) is 9.97 Å². The molecule has 2 N–H and O–H groups in total. The van der Waals surface area contributed by atoms with Crippen LogP contribution in [0.25, 0.3) is 44.8 Å². The Morgan fingerprint density at radius 1 is 0.432 bits per heavy atom. The van der Waals surface area contributed by atoms with Crippen LogP contribution < -0.4 is 15.9 Å². The molecule has 0 unspecified atom stereocenters. The van der Waals surface area contributed by atoms with Crippen LogP contribution in [0.15, 0.2) is 127 Å². The molecule has 2 aromatic heterocycles. The number of hydrogen-bond acceptors (Lipinski definition) is 2. The molecule has 0 aliphatic heterocycles. The van der Waals surface area contributed by atoms with Crippen LogP contribution in [-0.2, 0) is 0 Å². The van der Waals surface area contributed by atoms with Crippen molar-refractivity contribution >= 4 is 45.9 Å². The standard InChI is InChI=1S/C32H23N4P/c1-2-12-22(13-3-1)37(29-20-10-4-14-23(29)31-33-25-16-6-7-17-26(25)34-31)30-21-11-5-15-24(30)32-35-27-18-8-9-19-28(27)36-32/h1-21H,(H,33,34)(H,35,36). The number of benzene rings is 5. The van der Waals surface area contributed by atoms with Gasteiger partial charge in [-0.3, -0.25) is 0 Å². The summed E-state index contributed by atoms with van der Waals surface area (Å²) in [5.41, 5.74) is 6.26. The molecule has 0 bridgehead atoms. The van der Waals surface area contributed by atoms with E-state index in [1.54, 1.807) is 0 Å². The lowest BCUT2D eigenvalue weighted by Crippen LogP contribution is -2.23. The minimum Gasteiger partial charge on any atom is -0.338 e. The Morgan fingerprint density at radius 3 is 1.38 bits per heavy atom. The number of aromatic amines is 2. The van der Waals surface area contributed by atoms with Crippen LogP contribution in [0.2, 0.25) is 0 Å². The van der Waals surface area contributed by atoms with Gasteiger partial charge >= 0.3 is 0 Å². The molecule has 7 aromatic rings. The summed E-state index contributed by atoms with van der Waals surface area (Å²) in [6, 6.07) is 44.5. The monoisotopic (exact) mass is 494 g/mol. The fraction of sp³-hybridized carbons (Fsp3) is 0. The number of aromatic nitrogens is 4. The van der Waals surface area contributed by atoms with Crippen LogP contribution in [-0.4, -0.2) is 19.9 Å². The van der Waals surface area contributed by atoms with Crippen LogP contribution in [0.4, 0.5) is 0 Å². The van der Waals surface area contributed by atoms with E-state index in [2.05, 4.69) is 113 Å². The molecule has 0 amide bonds. The molecule has 0 aliphatic carbocycles. The van der Waals surface area contributed by atoms with E-state index < -0.39 is 7.92 Å². The maximum absolute atomic E-state index is 4.96. The number of rotatable bonds is 5. The minimum absolute atomic E-state index is 0.890. The Morgan fingerprint density at radius 2 is 0.865 bits per heavy atom. The van der Waals surface area contributed by atoms with Crippen molar-refractivity contribution in [1.29, 1.82) is 0 Å². The largest absolute Gasteiger partial charge is 0.338 e. The molecule has 37 heavy (non-hydrogen) atoms. The van der Waals surface area contributed by atoms with E-state index in [1.807, 2.05) is 24.3 Å². The van der Waals surface area contributed by atoms with Gasteiger partial charge in [0.1, 0.15) is 11.6 Å². The highest BCUT2D eigenvalue weighted by atomic mass is 31.1. The van der Waals surface area contributed by atoms with E-state index in [9.17, 15) is 0 Å². The molecule has 0 radical (unpaired) electrons. The van der Waals surface area contributed by atoms with Gasteiger partial charge in [-0.15, -0.1) is 0 Å². The third-order valence-electron chi connectivity index (χ3n) is 6.59. The lowest BCUT2D eigenvalue weighted by atomic mass is 10.2. The summed E-state index contributed by atoms with van der Waals surface area (Å²) >= 11 is 0. The van der Waals surface area contributed by atoms with Crippen LogP contribution in [0.3, 0.4) is 0 Å². The van der Waals surface area contributed by atoms with E-state index >= 15 is 0 Å². The van der Waals surface area contributed by atoms with Gasteiger partial charge in [-0.05, 0) is 48.1 Å². The molecule has 176 valence electrons. The van der Waals surface area contributed by atoms with Gasteiger partial charge in [-0.1, -0.05) is 103 Å².